The van der Waals surface area contributed by atoms with E-state index in [2.05, 4.69) is 9.88 Å². The molecule has 110 valence electrons. The van der Waals surface area contributed by atoms with Gasteiger partial charge in [0.15, 0.2) is 0 Å². The lowest BCUT2D eigenvalue weighted by Crippen LogP contribution is -2.49. The van der Waals surface area contributed by atoms with Crippen molar-refractivity contribution in [2.24, 2.45) is 7.05 Å². The quantitative estimate of drug-likeness (QED) is 0.841. The van der Waals surface area contributed by atoms with Crippen LogP contribution in [0.5, 0.6) is 0 Å². The highest BCUT2D eigenvalue weighted by Gasteiger charge is 2.23. The molecule has 1 aromatic heterocycles. The van der Waals surface area contributed by atoms with Crippen molar-refractivity contribution in [3.8, 4) is 0 Å². The molecule has 1 amide bonds. The van der Waals surface area contributed by atoms with E-state index in [9.17, 15) is 9.18 Å². The van der Waals surface area contributed by atoms with E-state index < -0.39 is 0 Å². The van der Waals surface area contributed by atoms with Gasteiger partial charge in [0.1, 0.15) is 5.82 Å². The highest BCUT2D eigenvalue weighted by molar-refractivity contribution is 5.94. The van der Waals surface area contributed by atoms with Gasteiger partial charge in [-0.25, -0.2) is 9.37 Å². The molecule has 1 aliphatic heterocycles. The van der Waals surface area contributed by atoms with Crippen molar-refractivity contribution in [1.82, 2.24) is 14.5 Å². The molecule has 1 fully saturated rings. The van der Waals surface area contributed by atoms with E-state index in [1.54, 1.807) is 23.2 Å². The van der Waals surface area contributed by atoms with Gasteiger partial charge in [-0.15, -0.1) is 0 Å². The highest BCUT2D eigenvalue weighted by atomic mass is 19.1. The molecule has 0 radical (unpaired) electrons. The van der Waals surface area contributed by atoms with Crippen molar-refractivity contribution in [3.63, 3.8) is 0 Å². The predicted molar refractivity (Wildman–Crippen MR) is 77.7 cm³/mol. The second kappa shape index (κ2) is 5.55. The van der Waals surface area contributed by atoms with Crippen LogP contribution in [-0.4, -0.2) is 46.5 Å². The summed E-state index contributed by atoms with van der Waals surface area (Å²) in [5, 5.41) is 0. The third-order valence-corrected chi connectivity index (χ3v) is 3.72. The van der Waals surface area contributed by atoms with Crippen LogP contribution in [0.3, 0.4) is 0 Å². The second-order valence-electron chi connectivity index (χ2n) is 5.13. The van der Waals surface area contributed by atoms with Gasteiger partial charge in [0.25, 0.3) is 5.91 Å². The number of hydrogen-bond donors (Lipinski definition) is 0. The SMILES string of the molecule is Cn1ccnc1N1CCN(C(=O)c2cccc(F)c2)CC1. The van der Waals surface area contributed by atoms with Gasteiger partial charge in [0.2, 0.25) is 5.95 Å². The van der Waals surface area contributed by atoms with E-state index in [-0.39, 0.29) is 11.7 Å². The molecule has 1 aliphatic rings. The first kappa shape index (κ1) is 13.6. The number of aryl methyl sites for hydroxylation is 1. The summed E-state index contributed by atoms with van der Waals surface area (Å²) in [6.07, 6.45) is 3.67. The van der Waals surface area contributed by atoms with E-state index in [4.69, 9.17) is 0 Å². The fraction of sp³-hybridized carbons (Fsp3) is 0.333. The lowest BCUT2D eigenvalue weighted by Gasteiger charge is -2.35. The first-order chi connectivity index (χ1) is 10.1. The number of carbonyl (C=O) groups is 1. The molecule has 5 nitrogen and oxygen atoms in total. The molecular formula is C15H17FN4O. The van der Waals surface area contributed by atoms with Crippen LogP contribution >= 0.6 is 0 Å². The lowest BCUT2D eigenvalue weighted by molar-refractivity contribution is 0.0745. The number of anilines is 1. The van der Waals surface area contributed by atoms with Crippen LogP contribution < -0.4 is 4.90 Å². The Balaban J connectivity index is 1.66. The van der Waals surface area contributed by atoms with Crippen molar-refractivity contribution in [2.45, 2.75) is 0 Å². The molecule has 0 aliphatic carbocycles. The smallest absolute Gasteiger partial charge is 0.254 e. The fourth-order valence-corrected chi connectivity index (χ4v) is 2.58. The van der Waals surface area contributed by atoms with Gasteiger partial charge in [-0.1, -0.05) is 6.07 Å². The molecule has 2 heterocycles. The van der Waals surface area contributed by atoms with Crippen LogP contribution in [0.25, 0.3) is 0 Å². The number of hydrogen-bond acceptors (Lipinski definition) is 3. The molecule has 0 spiro atoms. The number of carbonyl (C=O) groups excluding carboxylic acids is 1. The summed E-state index contributed by atoms with van der Waals surface area (Å²) < 4.78 is 15.2. The maximum Gasteiger partial charge on any atom is 0.254 e. The van der Waals surface area contributed by atoms with Crippen molar-refractivity contribution in [3.05, 3.63) is 48.0 Å². The summed E-state index contributed by atoms with van der Waals surface area (Å²) in [4.78, 5) is 20.6. The van der Waals surface area contributed by atoms with Gasteiger partial charge < -0.3 is 14.4 Å². The zero-order valence-corrected chi connectivity index (χ0v) is 11.9. The van der Waals surface area contributed by atoms with Crippen LogP contribution in [0.2, 0.25) is 0 Å². The molecule has 0 atom stereocenters. The van der Waals surface area contributed by atoms with Crippen LogP contribution in [0.15, 0.2) is 36.7 Å². The van der Waals surface area contributed by atoms with Gasteiger partial charge in [-0.3, -0.25) is 4.79 Å². The van der Waals surface area contributed by atoms with E-state index in [1.807, 2.05) is 17.8 Å². The number of imidazole rings is 1. The summed E-state index contributed by atoms with van der Waals surface area (Å²) in [5.74, 6) is 0.411. The number of piperazine rings is 1. The number of halogens is 1. The first-order valence-electron chi connectivity index (χ1n) is 6.92. The minimum atomic E-state index is -0.382. The fourth-order valence-electron chi connectivity index (χ4n) is 2.58. The van der Waals surface area contributed by atoms with Gasteiger partial charge >= 0.3 is 0 Å². The number of rotatable bonds is 2. The summed E-state index contributed by atoms with van der Waals surface area (Å²) >= 11 is 0. The lowest BCUT2D eigenvalue weighted by atomic mass is 10.2. The van der Waals surface area contributed by atoms with Crippen LogP contribution in [0.1, 0.15) is 10.4 Å². The Labute approximate surface area is 122 Å². The maximum atomic E-state index is 13.2. The summed E-state index contributed by atoms with van der Waals surface area (Å²) in [6.45, 7) is 2.68. The number of benzene rings is 1. The van der Waals surface area contributed by atoms with E-state index in [0.717, 1.165) is 19.0 Å². The van der Waals surface area contributed by atoms with Crippen molar-refractivity contribution < 1.29 is 9.18 Å². The van der Waals surface area contributed by atoms with Gasteiger partial charge in [-0.05, 0) is 18.2 Å². The standard InChI is InChI=1S/C15H17FN4O/c1-18-6-5-17-15(18)20-9-7-19(8-10-20)14(21)12-3-2-4-13(16)11-12/h2-6,11H,7-10H2,1H3. The van der Waals surface area contributed by atoms with E-state index >= 15 is 0 Å². The average molecular weight is 288 g/mol. The third kappa shape index (κ3) is 2.74. The Morgan fingerprint density at radius 2 is 2.00 bits per heavy atom. The Hall–Kier alpha value is -2.37. The van der Waals surface area contributed by atoms with E-state index in [1.165, 1.54) is 12.1 Å². The largest absolute Gasteiger partial charge is 0.339 e. The van der Waals surface area contributed by atoms with Crippen molar-refractivity contribution in [1.29, 1.82) is 0 Å². The zero-order chi connectivity index (χ0) is 14.8. The molecule has 3 rings (SSSR count). The van der Waals surface area contributed by atoms with Gasteiger partial charge in [-0.2, -0.15) is 0 Å². The molecule has 1 saturated heterocycles. The van der Waals surface area contributed by atoms with E-state index in [0.29, 0.717) is 18.7 Å². The normalized spacial score (nSPS) is 15.3. The Bertz CT molecular complexity index is 647. The molecule has 6 heteroatoms. The topological polar surface area (TPSA) is 41.4 Å². The van der Waals surface area contributed by atoms with Gasteiger partial charge in [0.05, 0.1) is 0 Å². The number of aromatic nitrogens is 2. The molecule has 0 unspecified atom stereocenters. The molecule has 1 aromatic carbocycles. The van der Waals surface area contributed by atoms with Crippen molar-refractivity contribution in [2.75, 3.05) is 31.1 Å². The maximum absolute atomic E-state index is 13.2. The monoisotopic (exact) mass is 288 g/mol. The minimum Gasteiger partial charge on any atom is -0.339 e. The summed E-state index contributed by atoms with van der Waals surface area (Å²) in [7, 11) is 1.95. The Morgan fingerprint density at radius 1 is 1.24 bits per heavy atom. The molecular weight excluding hydrogens is 271 g/mol. The Morgan fingerprint density at radius 3 is 2.62 bits per heavy atom. The minimum absolute atomic E-state index is 0.117. The summed E-state index contributed by atoms with van der Waals surface area (Å²) in [6, 6.07) is 5.84. The molecule has 0 N–H and O–H groups in total. The molecule has 21 heavy (non-hydrogen) atoms. The van der Waals surface area contributed by atoms with Crippen LogP contribution in [-0.2, 0) is 7.05 Å². The molecule has 0 saturated carbocycles. The predicted octanol–water partition coefficient (Wildman–Crippen LogP) is 1.52. The highest BCUT2D eigenvalue weighted by Crippen LogP contribution is 2.15. The van der Waals surface area contributed by atoms with Crippen molar-refractivity contribution >= 4 is 11.9 Å². The van der Waals surface area contributed by atoms with Crippen LogP contribution in [0, 0.1) is 5.82 Å². The first-order valence-corrected chi connectivity index (χ1v) is 6.92. The molecule has 0 bridgehead atoms. The van der Waals surface area contributed by atoms with Gasteiger partial charge in [0, 0.05) is 51.2 Å². The zero-order valence-electron chi connectivity index (χ0n) is 11.9. The Kier molecular flexibility index (Phi) is 3.60. The summed E-state index contributed by atoms with van der Waals surface area (Å²) in [5.41, 5.74) is 0.403. The number of nitrogens with zero attached hydrogens (tertiary/aromatic N) is 4. The average Bonchev–Trinajstić information content (AvgIpc) is 2.93. The number of amides is 1. The second-order valence-corrected chi connectivity index (χ2v) is 5.13. The third-order valence-electron chi connectivity index (χ3n) is 3.72. The molecule has 2 aromatic rings. The van der Waals surface area contributed by atoms with Crippen LogP contribution in [0.4, 0.5) is 10.3 Å².